The SMILES string of the molecule is C.C.COC1=C(C)C(=O)C2=C(C1=O)[C@H](CNC(=O)C(C)N)N1C(C2)C2c3c(cc(C)c(OC)c3O)C[C@@H]([C@@H]1C#N)N2C.COC1=C(C)C(=O)C2=C(C1=O)[C@H](CNC(=O)C(C)N=CSNc1ccccc1)N1C(C2)C2c3c(cc(C)c(OC)c3O)C[C@@H]([C@@H]1C#N)N2C. The molecule has 4 bridgehead atoms. The predicted molar refractivity (Wildman–Crippen MR) is 344 cm³/mol. The summed E-state index contributed by atoms with van der Waals surface area (Å²) in [5.74, 6) is -1.49. The fraction of sp³-hybridized carbons (Fsp3) is 0.478. The van der Waals surface area contributed by atoms with Crippen LogP contribution in [0.15, 0.2) is 92.4 Å². The molecule has 6 heterocycles. The Morgan fingerprint density at radius 1 is 0.670 bits per heavy atom. The third-order valence-corrected chi connectivity index (χ3v) is 19.7. The van der Waals surface area contributed by atoms with Crippen molar-refractivity contribution in [2.75, 3.05) is 60.3 Å². The van der Waals surface area contributed by atoms with E-state index in [-0.39, 0.29) is 116 Å². The van der Waals surface area contributed by atoms with E-state index in [0.717, 1.165) is 27.9 Å². The molecule has 8 aliphatic rings. The number of piperazine rings is 2. The van der Waals surface area contributed by atoms with Crippen molar-refractivity contribution in [3.63, 3.8) is 0 Å². The highest BCUT2D eigenvalue weighted by Crippen LogP contribution is 2.56. The van der Waals surface area contributed by atoms with Crippen molar-refractivity contribution >= 4 is 58.1 Å². The number of hydrogen-bond donors (Lipinski definition) is 6. The normalized spacial score (nSPS) is 26.5. The lowest BCUT2D eigenvalue weighted by Gasteiger charge is -2.60. The van der Waals surface area contributed by atoms with Gasteiger partial charge in [-0.05, 0) is 128 Å². The number of nitrogens with one attached hydrogen (secondary N) is 3. The molecule has 0 saturated carbocycles. The van der Waals surface area contributed by atoms with Gasteiger partial charge in [-0.2, -0.15) is 10.5 Å². The van der Waals surface area contributed by atoms with Gasteiger partial charge in [0.2, 0.25) is 23.4 Å². The summed E-state index contributed by atoms with van der Waals surface area (Å²) in [7, 11) is 9.57. The highest BCUT2D eigenvalue weighted by atomic mass is 32.2. The molecule has 6 unspecified atom stereocenters. The van der Waals surface area contributed by atoms with Crippen LogP contribution in [0.1, 0.15) is 101 Å². The number of nitriles is 2. The zero-order valence-corrected chi connectivity index (χ0v) is 52.7. The summed E-state index contributed by atoms with van der Waals surface area (Å²) in [6.45, 7) is 10.0. The minimum Gasteiger partial charge on any atom is -0.504 e. The standard InChI is InChI=1S/C36H40N6O6S.C29H35N5O6.2CH4/c1-18-12-21-13-24-26(15-37)42-25(30(41(24)4)28(21)32(44)34(18)47-5)14-23-29(33(45)35(48-6)19(2)31(23)43)27(42)16-38-36(46)20(3)39-17-49-40-22-10-8-7-9-11-22;1-12-7-15-8-17-19(10-30)34-18(23(33(17)4)21(15)25(36)27(12)39-5)9-16-22(20(34)11-32-29(38)14(3)31)26(37)28(40-6)13(2)24(16)35;;/h7-12,17,20,24-27,30,40,44H,13-14,16H2,1-6H3,(H,38,46);7,14,17-20,23,36H,8-9,11,31H2,1-6H3,(H,32,38);2*1H4/t20?,24-,25?,26-,27-,30?;14?,17-,18?,19-,20-,23?;;/m00../s1. The summed E-state index contributed by atoms with van der Waals surface area (Å²) in [6, 6.07) is 11.6. The first-order chi connectivity index (χ1) is 42.5. The van der Waals surface area contributed by atoms with Crippen LogP contribution in [0.4, 0.5) is 5.69 Å². The molecule has 484 valence electrons. The molecule has 0 aromatic heterocycles. The number of ether oxygens (including phenoxy) is 4. The number of phenols is 2. The van der Waals surface area contributed by atoms with Gasteiger partial charge in [0.05, 0.1) is 76.3 Å². The molecule has 2 amide bonds. The van der Waals surface area contributed by atoms with E-state index < -0.39 is 77.9 Å². The maximum atomic E-state index is 14.1. The summed E-state index contributed by atoms with van der Waals surface area (Å²) in [6.07, 6.45) is 1.31. The zero-order chi connectivity index (χ0) is 64.3. The summed E-state index contributed by atoms with van der Waals surface area (Å²) in [5, 5.41) is 50.1. The molecule has 2 saturated heterocycles. The average Bonchev–Trinajstić information content (AvgIpc) is 0.710. The average molecular weight is 1270 g/mol. The lowest BCUT2D eigenvalue weighted by molar-refractivity contribution is -0.125. The van der Waals surface area contributed by atoms with Crippen molar-refractivity contribution in [3.05, 3.63) is 121 Å². The number of carbonyl (C=O) groups excluding carboxylic acids is 6. The van der Waals surface area contributed by atoms with E-state index in [0.29, 0.717) is 46.6 Å². The molecule has 12 atom stereocenters. The maximum absolute atomic E-state index is 14.1. The van der Waals surface area contributed by atoms with Crippen LogP contribution in [0, 0.1) is 36.5 Å². The molecule has 24 heteroatoms. The number of Topliss-reactive ketones (excluding diaryl/α,β-unsaturated/α-hetero) is 4. The third kappa shape index (κ3) is 11.5. The molecule has 2 aliphatic carbocycles. The zero-order valence-electron chi connectivity index (χ0n) is 51.9. The van der Waals surface area contributed by atoms with Gasteiger partial charge in [0.1, 0.15) is 18.1 Å². The molecule has 3 aromatic carbocycles. The maximum Gasteiger partial charge on any atom is 0.244 e. The van der Waals surface area contributed by atoms with E-state index in [1.54, 1.807) is 33.2 Å². The molecule has 3 aromatic rings. The van der Waals surface area contributed by atoms with Crippen LogP contribution in [-0.2, 0) is 51.1 Å². The quantitative estimate of drug-likeness (QED) is 0.0489. The largest absolute Gasteiger partial charge is 0.504 e. The number of nitrogens with zero attached hydrogens (tertiary/aromatic N) is 7. The van der Waals surface area contributed by atoms with Crippen molar-refractivity contribution in [1.82, 2.24) is 30.2 Å². The first-order valence-corrected chi connectivity index (χ1v) is 30.4. The number of fused-ring (bicyclic) bond motifs is 12. The number of nitrogens with two attached hydrogens (primary N) is 1. The van der Waals surface area contributed by atoms with E-state index in [4.69, 9.17) is 24.7 Å². The Labute approximate surface area is 536 Å². The number of ketones is 4. The number of anilines is 1. The number of aromatic hydroxyl groups is 2. The molecular weight excluding hydrogens is 1180 g/mol. The molecule has 91 heavy (non-hydrogen) atoms. The molecule has 7 N–H and O–H groups in total. The number of rotatable bonds is 14. The van der Waals surface area contributed by atoms with E-state index in [1.807, 2.05) is 80.2 Å². The summed E-state index contributed by atoms with van der Waals surface area (Å²) >= 11 is 1.23. The number of amides is 2. The number of aryl methyl sites for hydroxylation is 2. The van der Waals surface area contributed by atoms with Gasteiger partial charge in [-0.15, -0.1) is 0 Å². The van der Waals surface area contributed by atoms with Gasteiger partial charge in [0.15, 0.2) is 46.1 Å². The number of hydrogen-bond acceptors (Lipinski definition) is 22. The molecular formula is C67H83N11O12S. The van der Waals surface area contributed by atoms with Crippen molar-refractivity contribution in [1.29, 1.82) is 10.5 Å². The van der Waals surface area contributed by atoms with E-state index >= 15 is 0 Å². The number of aliphatic imine (C=N–C) groups is 1. The van der Waals surface area contributed by atoms with Crippen LogP contribution < -0.4 is 30.6 Å². The fourth-order valence-electron chi connectivity index (χ4n) is 15.1. The second kappa shape index (κ2) is 27.2. The molecule has 11 rings (SSSR count). The second-order valence-electron chi connectivity index (χ2n) is 23.9. The van der Waals surface area contributed by atoms with Gasteiger partial charge in [-0.25, -0.2) is 0 Å². The number of benzene rings is 3. The van der Waals surface area contributed by atoms with E-state index in [1.165, 1.54) is 40.4 Å². The fourth-order valence-corrected chi connectivity index (χ4v) is 15.7. The van der Waals surface area contributed by atoms with Crippen LogP contribution in [0.2, 0.25) is 0 Å². The van der Waals surface area contributed by atoms with Gasteiger partial charge in [-0.3, -0.25) is 53.4 Å². The molecule has 23 nitrogen and oxygen atoms in total. The summed E-state index contributed by atoms with van der Waals surface area (Å²) in [4.78, 5) is 93.9. The smallest absolute Gasteiger partial charge is 0.244 e. The Morgan fingerprint density at radius 2 is 1.09 bits per heavy atom. The lowest BCUT2D eigenvalue weighted by atomic mass is 9.69. The lowest BCUT2D eigenvalue weighted by Crippen LogP contribution is -2.71. The Kier molecular flexibility index (Phi) is 20.5. The predicted octanol–water partition coefficient (Wildman–Crippen LogP) is 5.68. The Morgan fingerprint density at radius 3 is 1.47 bits per heavy atom. The van der Waals surface area contributed by atoms with Crippen molar-refractivity contribution in [2.45, 2.75) is 155 Å². The van der Waals surface area contributed by atoms with Gasteiger partial charge >= 0.3 is 0 Å². The minimum absolute atomic E-state index is 0. The van der Waals surface area contributed by atoms with E-state index in [9.17, 15) is 49.5 Å². The number of phenolic OH excluding ortho intramolecular Hbond substituents is 2. The molecule has 0 spiro atoms. The number of allylic oxidation sites excluding steroid dienone is 4. The first kappa shape index (κ1) is 68.5. The Bertz CT molecular complexity index is 3730. The van der Waals surface area contributed by atoms with Crippen molar-refractivity contribution in [2.24, 2.45) is 10.7 Å². The summed E-state index contributed by atoms with van der Waals surface area (Å²) < 4.78 is 25.1. The van der Waals surface area contributed by atoms with Crippen LogP contribution in [0.25, 0.3) is 0 Å². The van der Waals surface area contributed by atoms with E-state index in [2.05, 4.69) is 42.3 Å². The topological polar surface area (TPSA) is 315 Å². The van der Waals surface area contributed by atoms with Gasteiger partial charge < -0.3 is 50.2 Å². The number of para-hydroxylation sites is 1. The number of carbonyl (C=O) groups is 6. The second-order valence-corrected chi connectivity index (χ2v) is 24.5. The molecule has 0 radical (unpaired) electrons. The highest BCUT2D eigenvalue weighted by molar-refractivity contribution is 8.13. The Balaban J connectivity index is 0.000000234. The van der Waals surface area contributed by atoms with Crippen LogP contribution in [-0.4, -0.2) is 186 Å². The van der Waals surface area contributed by atoms with Crippen LogP contribution in [0.5, 0.6) is 23.0 Å². The van der Waals surface area contributed by atoms with Crippen molar-refractivity contribution < 1.29 is 57.9 Å². The Hall–Kier alpha value is -8.36. The number of methoxy groups -OCH3 is 4. The first-order valence-electron chi connectivity index (χ1n) is 29.5. The molecule has 6 aliphatic heterocycles. The van der Waals surface area contributed by atoms with Gasteiger partial charge in [0, 0.05) is 87.5 Å². The third-order valence-electron chi connectivity index (χ3n) is 19.1. The van der Waals surface area contributed by atoms with Crippen molar-refractivity contribution in [3.8, 4) is 35.1 Å². The number of likely N-dealkylation sites (N-methyl/N-ethyl adjacent to an activating group) is 2. The summed E-state index contributed by atoms with van der Waals surface area (Å²) in [5.41, 5.74) is 14.6. The van der Waals surface area contributed by atoms with Crippen LogP contribution >= 0.6 is 11.9 Å². The van der Waals surface area contributed by atoms with Gasteiger partial charge in [0.25, 0.3) is 0 Å². The minimum atomic E-state index is -0.822. The monoisotopic (exact) mass is 1270 g/mol. The van der Waals surface area contributed by atoms with Gasteiger partial charge in [-0.1, -0.05) is 45.2 Å². The molecule has 2 fully saturated rings. The van der Waals surface area contributed by atoms with Crippen LogP contribution in [0.3, 0.4) is 0 Å². The highest BCUT2D eigenvalue weighted by Gasteiger charge is 2.60.